The summed E-state index contributed by atoms with van der Waals surface area (Å²) in [5.74, 6) is -0.0259. The number of rotatable bonds is 0. The molecular weight excluding hydrogens is 198 g/mol. The molecule has 2 aliphatic heterocycles. The van der Waals surface area contributed by atoms with Crippen molar-refractivity contribution in [3.63, 3.8) is 0 Å². The van der Waals surface area contributed by atoms with Gasteiger partial charge in [0.1, 0.15) is 0 Å². The number of carbonyl (C=O) groups is 2. The van der Waals surface area contributed by atoms with Gasteiger partial charge >= 0.3 is 6.09 Å². The highest BCUT2D eigenvalue weighted by atomic mass is 16.5. The molecule has 82 valence electrons. The number of piperidine rings is 1. The number of amides is 2. The van der Waals surface area contributed by atoms with Crippen molar-refractivity contribution in [1.82, 2.24) is 10.3 Å². The molecule has 0 aliphatic carbocycles. The van der Waals surface area contributed by atoms with Crippen LogP contribution in [0.15, 0.2) is 5.10 Å². The second-order valence-corrected chi connectivity index (χ2v) is 3.71. The molecule has 2 amide bonds. The quantitative estimate of drug-likeness (QED) is 0.610. The van der Waals surface area contributed by atoms with Gasteiger partial charge in [-0.15, -0.1) is 0 Å². The highest BCUT2D eigenvalue weighted by Crippen LogP contribution is 2.20. The first-order valence-corrected chi connectivity index (χ1v) is 4.89. The van der Waals surface area contributed by atoms with Crippen molar-refractivity contribution < 1.29 is 14.3 Å². The van der Waals surface area contributed by atoms with E-state index in [-0.39, 0.29) is 17.9 Å². The van der Waals surface area contributed by atoms with E-state index in [2.05, 4.69) is 15.3 Å². The van der Waals surface area contributed by atoms with Gasteiger partial charge in [-0.05, 0) is 0 Å². The van der Waals surface area contributed by atoms with Crippen LogP contribution >= 0.6 is 0 Å². The molecule has 2 rings (SSSR count). The van der Waals surface area contributed by atoms with Crippen molar-refractivity contribution >= 4 is 17.7 Å². The SMILES string of the molecule is COC(=O)N1CCC2=NNC(=O)CC2C1. The van der Waals surface area contributed by atoms with E-state index in [4.69, 9.17) is 0 Å². The van der Waals surface area contributed by atoms with E-state index in [0.717, 1.165) is 5.71 Å². The average Bonchev–Trinajstić information content (AvgIpc) is 2.27. The number of hydrazone groups is 1. The summed E-state index contributed by atoms with van der Waals surface area (Å²) in [6.07, 6.45) is 0.784. The Morgan fingerprint density at radius 2 is 2.47 bits per heavy atom. The van der Waals surface area contributed by atoms with Gasteiger partial charge in [0.05, 0.1) is 7.11 Å². The number of nitrogens with zero attached hydrogens (tertiary/aromatic N) is 2. The number of methoxy groups -OCH3 is 1. The van der Waals surface area contributed by atoms with Gasteiger partial charge in [-0.3, -0.25) is 4.79 Å². The summed E-state index contributed by atoms with van der Waals surface area (Å²) in [4.78, 5) is 24.0. The zero-order valence-electron chi connectivity index (χ0n) is 8.52. The third-order valence-corrected chi connectivity index (χ3v) is 2.74. The van der Waals surface area contributed by atoms with Crippen molar-refractivity contribution in [2.75, 3.05) is 20.2 Å². The predicted molar refractivity (Wildman–Crippen MR) is 52.3 cm³/mol. The first-order valence-electron chi connectivity index (χ1n) is 4.89. The molecule has 1 saturated heterocycles. The van der Waals surface area contributed by atoms with Gasteiger partial charge in [0.15, 0.2) is 0 Å². The van der Waals surface area contributed by atoms with Crippen LogP contribution in [0.2, 0.25) is 0 Å². The predicted octanol–water partition coefficient (Wildman–Crippen LogP) is -0.0494. The monoisotopic (exact) mass is 211 g/mol. The van der Waals surface area contributed by atoms with E-state index in [1.165, 1.54) is 7.11 Å². The van der Waals surface area contributed by atoms with E-state index in [9.17, 15) is 9.59 Å². The zero-order valence-corrected chi connectivity index (χ0v) is 8.52. The second-order valence-electron chi connectivity index (χ2n) is 3.71. The maximum absolute atomic E-state index is 11.3. The molecule has 2 heterocycles. The largest absolute Gasteiger partial charge is 0.453 e. The Hall–Kier alpha value is -1.59. The highest BCUT2D eigenvalue weighted by Gasteiger charge is 2.32. The van der Waals surface area contributed by atoms with Crippen LogP contribution in [0.25, 0.3) is 0 Å². The smallest absolute Gasteiger partial charge is 0.409 e. The molecule has 0 spiro atoms. The molecule has 1 atom stereocenters. The lowest BCUT2D eigenvalue weighted by molar-refractivity contribution is -0.122. The summed E-state index contributed by atoms with van der Waals surface area (Å²) in [5, 5.41) is 3.99. The normalized spacial score (nSPS) is 25.1. The minimum absolute atomic E-state index is 0.0617. The number of nitrogens with one attached hydrogen (secondary N) is 1. The summed E-state index contributed by atoms with van der Waals surface area (Å²) in [6.45, 7) is 1.14. The van der Waals surface area contributed by atoms with E-state index in [0.29, 0.717) is 25.9 Å². The Morgan fingerprint density at radius 1 is 1.67 bits per heavy atom. The summed E-state index contributed by atoms with van der Waals surface area (Å²) >= 11 is 0. The number of hydrogen-bond donors (Lipinski definition) is 1. The number of hydrogen-bond acceptors (Lipinski definition) is 4. The second kappa shape index (κ2) is 3.88. The standard InChI is InChI=1S/C9H13N3O3/c1-15-9(14)12-3-2-7-6(5-12)4-8(13)11-10-7/h6H,2-5H2,1H3,(H,11,13). The molecule has 2 aliphatic rings. The Kier molecular flexibility index (Phi) is 2.57. The summed E-state index contributed by atoms with van der Waals surface area (Å²) in [7, 11) is 1.36. The van der Waals surface area contributed by atoms with Crippen LogP contribution in [0.4, 0.5) is 4.79 Å². The zero-order chi connectivity index (χ0) is 10.8. The lowest BCUT2D eigenvalue weighted by Crippen LogP contribution is -2.48. The topological polar surface area (TPSA) is 71.0 Å². The number of carbonyl (C=O) groups excluding carboxylic acids is 2. The fourth-order valence-corrected chi connectivity index (χ4v) is 1.94. The van der Waals surface area contributed by atoms with Crippen molar-refractivity contribution in [3.05, 3.63) is 0 Å². The summed E-state index contributed by atoms with van der Waals surface area (Å²) in [6, 6.07) is 0. The first kappa shape index (κ1) is 9.95. The minimum atomic E-state index is -0.333. The molecule has 1 fully saturated rings. The van der Waals surface area contributed by atoms with Crippen LogP contribution in [0, 0.1) is 5.92 Å². The summed E-state index contributed by atoms with van der Waals surface area (Å²) < 4.78 is 4.64. The first-order chi connectivity index (χ1) is 7.20. The van der Waals surface area contributed by atoms with Gasteiger partial charge in [-0.25, -0.2) is 10.2 Å². The van der Waals surface area contributed by atoms with Crippen molar-refractivity contribution in [1.29, 1.82) is 0 Å². The molecular formula is C9H13N3O3. The summed E-state index contributed by atoms with van der Waals surface area (Å²) in [5.41, 5.74) is 3.43. The Morgan fingerprint density at radius 3 is 3.20 bits per heavy atom. The fourth-order valence-electron chi connectivity index (χ4n) is 1.94. The molecule has 0 aromatic carbocycles. The van der Waals surface area contributed by atoms with Gasteiger partial charge in [0.2, 0.25) is 5.91 Å². The van der Waals surface area contributed by atoms with Crippen LogP contribution in [0.3, 0.4) is 0 Å². The number of fused-ring (bicyclic) bond motifs is 1. The third-order valence-electron chi connectivity index (χ3n) is 2.74. The molecule has 1 N–H and O–H groups in total. The molecule has 0 saturated carbocycles. The molecule has 15 heavy (non-hydrogen) atoms. The lowest BCUT2D eigenvalue weighted by atomic mass is 9.91. The third kappa shape index (κ3) is 1.93. The van der Waals surface area contributed by atoms with E-state index in [1.54, 1.807) is 4.90 Å². The fraction of sp³-hybridized carbons (Fsp3) is 0.667. The molecule has 0 radical (unpaired) electrons. The van der Waals surface area contributed by atoms with E-state index >= 15 is 0 Å². The van der Waals surface area contributed by atoms with E-state index < -0.39 is 0 Å². The molecule has 0 aromatic rings. The Labute approximate surface area is 87.3 Å². The van der Waals surface area contributed by atoms with Crippen LogP contribution < -0.4 is 5.43 Å². The minimum Gasteiger partial charge on any atom is -0.453 e. The molecule has 0 bridgehead atoms. The van der Waals surface area contributed by atoms with Gasteiger partial charge < -0.3 is 9.64 Å². The average molecular weight is 211 g/mol. The highest BCUT2D eigenvalue weighted by molar-refractivity contribution is 5.95. The Balaban J connectivity index is 2.05. The van der Waals surface area contributed by atoms with Crippen LogP contribution in [0.1, 0.15) is 12.8 Å². The number of ether oxygens (including phenoxy) is 1. The molecule has 0 aromatic heterocycles. The van der Waals surface area contributed by atoms with Crippen molar-refractivity contribution in [3.8, 4) is 0 Å². The van der Waals surface area contributed by atoms with Crippen LogP contribution in [-0.2, 0) is 9.53 Å². The van der Waals surface area contributed by atoms with Gasteiger partial charge in [0, 0.05) is 37.6 Å². The maximum Gasteiger partial charge on any atom is 0.409 e. The van der Waals surface area contributed by atoms with Crippen LogP contribution in [-0.4, -0.2) is 42.8 Å². The Bertz CT molecular complexity index is 327. The van der Waals surface area contributed by atoms with Gasteiger partial charge in [-0.2, -0.15) is 5.10 Å². The van der Waals surface area contributed by atoms with Gasteiger partial charge in [0.25, 0.3) is 0 Å². The molecule has 1 unspecified atom stereocenters. The van der Waals surface area contributed by atoms with Crippen LogP contribution in [0.5, 0.6) is 0 Å². The van der Waals surface area contributed by atoms with E-state index in [1.807, 2.05) is 0 Å². The van der Waals surface area contributed by atoms with Gasteiger partial charge in [-0.1, -0.05) is 0 Å². The number of likely N-dealkylation sites (tertiary alicyclic amines) is 1. The molecule has 6 nitrogen and oxygen atoms in total. The van der Waals surface area contributed by atoms with Crippen molar-refractivity contribution in [2.24, 2.45) is 11.0 Å². The lowest BCUT2D eigenvalue weighted by Gasteiger charge is -2.34. The van der Waals surface area contributed by atoms with Crippen molar-refractivity contribution in [2.45, 2.75) is 12.8 Å². The molecule has 6 heteroatoms. The maximum atomic E-state index is 11.3.